The molecule has 4 nitrogen and oxygen atoms in total. The molecule has 0 aliphatic heterocycles. The van der Waals surface area contributed by atoms with Gasteiger partial charge in [-0.3, -0.25) is 0 Å². The van der Waals surface area contributed by atoms with E-state index in [-0.39, 0.29) is 0 Å². The molecule has 0 spiro atoms. The first-order valence-electron chi connectivity index (χ1n) is 5.43. The zero-order valence-corrected chi connectivity index (χ0v) is 8.62. The summed E-state index contributed by atoms with van der Waals surface area (Å²) in [5.74, 6) is 1.57. The minimum Gasteiger partial charge on any atom is -0.339 e. The second kappa shape index (κ2) is 4.55. The van der Waals surface area contributed by atoms with Gasteiger partial charge in [-0.25, -0.2) is 0 Å². The van der Waals surface area contributed by atoms with Crippen molar-refractivity contribution in [1.29, 1.82) is 0 Å². The van der Waals surface area contributed by atoms with Crippen molar-refractivity contribution in [2.75, 3.05) is 0 Å². The van der Waals surface area contributed by atoms with Crippen molar-refractivity contribution in [2.45, 2.75) is 51.6 Å². The van der Waals surface area contributed by atoms with E-state index < -0.39 is 0 Å². The highest BCUT2D eigenvalue weighted by Crippen LogP contribution is 2.18. The number of nitrogens with one attached hydrogen (secondary N) is 1. The predicted molar refractivity (Wildman–Crippen MR) is 52.8 cm³/mol. The molecule has 4 heteroatoms. The standard InChI is InChI=1S/C10H17N3O/c1-2-3-4-10-12-9(13-14-10)7-11-8-5-6-8/h8,11H,2-7H2,1H3. The number of aryl methyl sites for hydroxylation is 1. The molecule has 78 valence electrons. The molecule has 2 rings (SSSR count). The van der Waals surface area contributed by atoms with Crippen molar-refractivity contribution in [3.63, 3.8) is 0 Å². The molecule has 1 N–H and O–H groups in total. The van der Waals surface area contributed by atoms with Crippen LogP contribution in [0.1, 0.15) is 44.3 Å². The molecule has 0 amide bonds. The number of hydrogen-bond donors (Lipinski definition) is 1. The molecule has 1 aliphatic rings. The molecule has 14 heavy (non-hydrogen) atoms. The lowest BCUT2D eigenvalue weighted by Crippen LogP contribution is -2.16. The second-order valence-electron chi connectivity index (χ2n) is 3.86. The van der Waals surface area contributed by atoms with Gasteiger partial charge in [0.05, 0.1) is 6.54 Å². The number of unbranched alkanes of at least 4 members (excludes halogenated alkanes) is 1. The van der Waals surface area contributed by atoms with Gasteiger partial charge in [0.2, 0.25) is 5.89 Å². The summed E-state index contributed by atoms with van der Waals surface area (Å²) in [6.07, 6.45) is 5.78. The molecule has 0 bridgehead atoms. The fourth-order valence-electron chi connectivity index (χ4n) is 1.31. The van der Waals surface area contributed by atoms with Gasteiger partial charge in [0, 0.05) is 12.5 Å². The van der Waals surface area contributed by atoms with Gasteiger partial charge in [-0.15, -0.1) is 0 Å². The van der Waals surface area contributed by atoms with Crippen LogP contribution >= 0.6 is 0 Å². The van der Waals surface area contributed by atoms with Crippen LogP contribution in [0.2, 0.25) is 0 Å². The SMILES string of the molecule is CCCCc1nc(CNC2CC2)no1. The summed E-state index contributed by atoms with van der Waals surface area (Å²) in [6.45, 7) is 2.91. The highest BCUT2D eigenvalue weighted by atomic mass is 16.5. The van der Waals surface area contributed by atoms with E-state index in [4.69, 9.17) is 4.52 Å². The molecule has 0 saturated heterocycles. The average Bonchev–Trinajstić information content (AvgIpc) is 2.92. The summed E-state index contributed by atoms with van der Waals surface area (Å²) < 4.78 is 5.12. The summed E-state index contributed by atoms with van der Waals surface area (Å²) >= 11 is 0. The largest absolute Gasteiger partial charge is 0.339 e. The summed E-state index contributed by atoms with van der Waals surface area (Å²) in [5, 5.41) is 7.28. The van der Waals surface area contributed by atoms with Crippen molar-refractivity contribution >= 4 is 0 Å². The topological polar surface area (TPSA) is 51.0 Å². The molecule has 1 aromatic rings. The molecule has 1 saturated carbocycles. The van der Waals surface area contributed by atoms with Gasteiger partial charge >= 0.3 is 0 Å². The minimum atomic E-state index is 0.701. The van der Waals surface area contributed by atoms with E-state index in [2.05, 4.69) is 22.4 Å². The van der Waals surface area contributed by atoms with Crippen LogP contribution in [0.15, 0.2) is 4.52 Å². The lowest BCUT2D eigenvalue weighted by molar-refractivity contribution is 0.368. The van der Waals surface area contributed by atoms with E-state index >= 15 is 0 Å². The first-order valence-corrected chi connectivity index (χ1v) is 5.43. The third-order valence-electron chi connectivity index (χ3n) is 2.38. The Kier molecular flexibility index (Phi) is 3.14. The van der Waals surface area contributed by atoms with Crippen molar-refractivity contribution in [3.05, 3.63) is 11.7 Å². The van der Waals surface area contributed by atoms with Crippen molar-refractivity contribution in [3.8, 4) is 0 Å². The van der Waals surface area contributed by atoms with Crippen LogP contribution in [0.5, 0.6) is 0 Å². The van der Waals surface area contributed by atoms with Crippen LogP contribution in [0.25, 0.3) is 0 Å². The van der Waals surface area contributed by atoms with E-state index in [0.29, 0.717) is 6.04 Å². The van der Waals surface area contributed by atoms with Gasteiger partial charge in [0.25, 0.3) is 0 Å². The molecule has 1 aromatic heterocycles. The van der Waals surface area contributed by atoms with E-state index in [1.165, 1.54) is 12.8 Å². The Morgan fingerprint density at radius 3 is 3.07 bits per heavy atom. The Balaban J connectivity index is 1.76. The monoisotopic (exact) mass is 195 g/mol. The lowest BCUT2D eigenvalue weighted by atomic mass is 10.2. The van der Waals surface area contributed by atoms with Gasteiger partial charge in [-0.1, -0.05) is 18.5 Å². The van der Waals surface area contributed by atoms with Gasteiger partial charge < -0.3 is 9.84 Å². The highest BCUT2D eigenvalue weighted by molar-refractivity contribution is 4.89. The van der Waals surface area contributed by atoms with Gasteiger partial charge in [0.15, 0.2) is 5.82 Å². The average molecular weight is 195 g/mol. The Morgan fingerprint density at radius 1 is 1.50 bits per heavy atom. The maximum Gasteiger partial charge on any atom is 0.226 e. The van der Waals surface area contributed by atoms with Crippen LogP contribution in [0.4, 0.5) is 0 Å². The van der Waals surface area contributed by atoms with Crippen LogP contribution in [0.3, 0.4) is 0 Å². The molecule has 0 aromatic carbocycles. The second-order valence-corrected chi connectivity index (χ2v) is 3.86. The van der Waals surface area contributed by atoms with Crippen LogP contribution in [-0.2, 0) is 13.0 Å². The van der Waals surface area contributed by atoms with Gasteiger partial charge in [-0.05, 0) is 19.3 Å². The summed E-state index contributed by atoms with van der Waals surface area (Å²) in [7, 11) is 0. The zero-order chi connectivity index (χ0) is 9.80. The van der Waals surface area contributed by atoms with Crippen LogP contribution < -0.4 is 5.32 Å². The first-order chi connectivity index (χ1) is 6.88. The zero-order valence-electron chi connectivity index (χ0n) is 8.62. The number of nitrogens with zero attached hydrogens (tertiary/aromatic N) is 2. The Bertz CT molecular complexity index is 281. The van der Waals surface area contributed by atoms with E-state index in [0.717, 1.165) is 37.5 Å². The highest BCUT2D eigenvalue weighted by Gasteiger charge is 2.20. The van der Waals surface area contributed by atoms with E-state index in [9.17, 15) is 0 Å². The van der Waals surface area contributed by atoms with Crippen LogP contribution in [-0.4, -0.2) is 16.2 Å². The van der Waals surface area contributed by atoms with Crippen molar-refractivity contribution in [2.24, 2.45) is 0 Å². The first kappa shape index (κ1) is 9.65. The number of hydrogen-bond acceptors (Lipinski definition) is 4. The fraction of sp³-hybridized carbons (Fsp3) is 0.800. The molecule has 1 aliphatic carbocycles. The van der Waals surface area contributed by atoms with Crippen LogP contribution in [0, 0.1) is 0 Å². The van der Waals surface area contributed by atoms with Crippen molar-refractivity contribution in [1.82, 2.24) is 15.5 Å². The molecular weight excluding hydrogens is 178 g/mol. The summed E-state index contributed by atoms with van der Waals surface area (Å²) in [6, 6.07) is 0.701. The summed E-state index contributed by atoms with van der Waals surface area (Å²) in [4.78, 5) is 4.31. The number of rotatable bonds is 6. The third kappa shape index (κ3) is 2.80. The number of aromatic nitrogens is 2. The maximum absolute atomic E-state index is 5.12. The molecule has 1 fully saturated rings. The lowest BCUT2D eigenvalue weighted by Gasteiger charge is -1.94. The van der Waals surface area contributed by atoms with Gasteiger partial charge in [-0.2, -0.15) is 4.98 Å². The smallest absolute Gasteiger partial charge is 0.226 e. The normalized spacial score (nSPS) is 16.1. The third-order valence-corrected chi connectivity index (χ3v) is 2.38. The van der Waals surface area contributed by atoms with E-state index in [1.807, 2.05) is 0 Å². The Hall–Kier alpha value is -0.900. The molecule has 1 heterocycles. The molecule has 0 unspecified atom stereocenters. The molecule has 0 radical (unpaired) electrons. The van der Waals surface area contributed by atoms with Gasteiger partial charge in [0.1, 0.15) is 0 Å². The fourth-order valence-corrected chi connectivity index (χ4v) is 1.31. The van der Waals surface area contributed by atoms with Crippen molar-refractivity contribution < 1.29 is 4.52 Å². The van der Waals surface area contributed by atoms with E-state index in [1.54, 1.807) is 0 Å². The molecular formula is C10H17N3O. The Morgan fingerprint density at radius 2 is 2.36 bits per heavy atom. The summed E-state index contributed by atoms with van der Waals surface area (Å²) in [5.41, 5.74) is 0. The Labute approximate surface area is 84.1 Å². The molecule has 0 atom stereocenters. The predicted octanol–water partition coefficient (Wildman–Crippen LogP) is 1.66. The quantitative estimate of drug-likeness (QED) is 0.750. The maximum atomic E-state index is 5.12. The minimum absolute atomic E-state index is 0.701.